The summed E-state index contributed by atoms with van der Waals surface area (Å²) in [6, 6.07) is 3.23. The highest BCUT2D eigenvalue weighted by Crippen LogP contribution is 2.39. The lowest BCUT2D eigenvalue weighted by atomic mass is 10.1. The van der Waals surface area contributed by atoms with E-state index in [0.29, 0.717) is 28.6 Å². The van der Waals surface area contributed by atoms with Crippen LogP contribution in [0.5, 0.6) is 17.2 Å². The standard InChI is InChI=1S/C15H23NO5S/c1-15(18,9-22-5)8-16-14(17)10-6-7-11(19-2)13(21-4)12(10)20-3/h6-7,18H,8-9H2,1-5H3,(H,16,17). The number of rotatable bonds is 8. The van der Waals surface area contributed by atoms with Crippen molar-refractivity contribution in [2.75, 3.05) is 39.9 Å². The van der Waals surface area contributed by atoms with E-state index in [0.717, 1.165) is 0 Å². The summed E-state index contributed by atoms with van der Waals surface area (Å²) in [4.78, 5) is 12.3. The van der Waals surface area contributed by atoms with Crippen molar-refractivity contribution in [2.24, 2.45) is 0 Å². The van der Waals surface area contributed by atoms with Crippen molar-refractivity contribution in [1.29, 1.82) is 0 Å². The Morgan fingerprint density at radius 1 is 1.23 bits per heavy atom. The first-order valence-electron chi connectivity index (χ1n) is 6.68. The predicted octanol–water partition coefficient (Wildman–Crippen LogP) is 1.56. The molecule has 0 fully saturated rings. The molecule has 0 bridgehead atoms. The number of ether oxygens (including phenoxy) is 3. The molecule has 124 valence electrons. The summed E-state index contributed by atoms with van der Waals surface area (Å²) in [5.74, 6) is 1.30. The third-order valence-electron chi connectivity index (χ3n) is 3.03. The minimum Gasteiger partial charge on any atom is -0.493 e. The number of amides is 1. The molecule has 7 heteroatoms. The van der Waals surface area contributed by atoms with E-state index in [2.05, 4.69) is 5.32 Å². The van der Waals surface area contributed by atoms with Gasteiger partial charge < -0.3 is 24.6 Å². The Balaban J connectivity index is 2.99. The average molecular weight is 329 g/mol. The number of methoxy groups -OCH3 is 3. The quantitative estimate of drug-likeness (QED) is 0.754. The summed E-state index contributed by atoms with van der Waals surface area (Å²) in [5, 5.41) is 12.8. The van der Waals surface area contributed by atoms with E-state index in [1.54, 1.807) is 19.1 Å². The lowest BCUT2D eigenvalue weighted by Gasteiger charge is -2.23. The van der Waals surface area contributed by atoms with Gasteiger partial charge in [0, 0.05) is 12.3 Å². The fraction of sp³-hybridized carbons (Fsp3) is 0.533. The molecule has 1 unspecified atom stereocenters. The largest absolute Gasteiger partial charge is 0.493 e. The van der Waals surface area contributed by atoms with Crippen molar-refractivity contribution in [3.63, 3.8) is 0 Å². The summed E-state index contributed by atoms with van der Waals surface area (Å²) in [6.07, 6.45) is 1.90. The van der Waals surface area contributed by atoms with E-state index in [9.17, 15) is 9.90 Å². The zero-order valence-corrected chi connectivity index (χ0v) is 14.4. The minimum absolute atomic E-state index is 0.143. The summed E-state index contributed by atoms with van der Waals surface area (Å²) in [5.41, 5.74) is -0.654. The number of thioether (sulfide) groups is 1. The van der Waals surface area contributed by atoms with Crippen LogP contribution in [0.15, 0.2) is 12.1 Å². The maximum absolute atomic E-state index is 12.3. The molecule has 6 nitrogen and oxygen atoms in total. The molecule has 0 radical (unpaired) electrons. The molecular formula is C15H23NO5S. The number of hydrogen-bond donors (Lipinski definition) is 2. The van der Waals surface area contributed by atoms with Crippen LogP contribution in [0, 0.1) is 0 Å². The van der Waals surface area contributed by atoms with Crippen LogP contribution in [0.2, 0.25) is 0 Å². The second-order valence-corrected chi connectivity index (χ2v) is 5.86. The zero-order chi connectivity index (χ0) is 16.8. The van der Waals surface area contributed by atoms with Gasteiger partial charge in [-0.1, -0.05) is 0 Å². The molecule has 22 heavy (non-hydrogen) atoms. The lowest BCUT2D eigenvalue weighted by Crippen LogP contribution is -2.42. The van der Waals surface area contributed by atoms with Crippen molar-refractivity contribution >= 4 is 17.7 Å². The van der Waals surface area contributed by atoms with Crippen molar-refractivity contribution in [1.82, 2.24) is 5.32 Å². The molecule has 0 aliphatic carbocycles. The molecule has 0 heterocycles. The summed E-state index contributed by atoms with van der Waals surface area (Å²) in [6.45, 7) is 1.82. The van der Waals surface area contributed by atoms with Gasteiger partial charge in [0.25, 0.3) is 5.91 Å². The molecule has 1 rings (SSSR count). The highest BCUT2D eigenvalue weighted by Gasteiger charge is 2.24. The molecule has 0 saturated heterocycles. The van der Waals surface area contributed by atoms with Crippen LogP contribution < -0.4 is 19.5 Å². The smallest absolute Gasteiger partial charge is 0.255 e. The zero-order valence-electron chi connectivity index (χ0n) is 13.6. The van der Waals surface area contributed by atoms with Crippen LogP contribution in [0.3, 0.4) is 0 Å². The monoisotopic (exact) mass is 329 g/mol. The fourth-order valence-corrected chi connectivity index (χ4v) is 2.73. The van der Waals surface area contributed by atoms with Gasteiger partial charge in [0.2, 0.25) is 5.75 Å². The third kappa shape index (κ3) is 4.45. The Hall–Kier alpha value is -1.60. The lowest BCUT2D eigenvalue weighted by molar-refractivity contribution is 0.0723. The number of nitrogens with one attached hydrogen (secondary N) is 1. The second-order valence-electron chi connectivity index (χ2n) is 4.99. The van der Waals surface area contributed by atoms with Crippen molar-refractivity contribution in [2.45, 2.75) is 12.5 Å². The number of carbonyl (C=O) groups is 1. The third-order valence-corrected chi connectivity index (χ3v) is 3.94. The SMILES string of the molecule is COc1ccc(C(=O)NCC(C)(O)CSC)c(OC)c1OC. The van der Waals surface area contributed by atoms with E-state index in [1.165, 1.54) is 33.1 Å². The van der Waals surface area contributed by atoms with Gasteiger partial charge in [-0.05, 0) is 25.3 Å². The highest BCUT2D eigenvalue weighted by molar-refractivity contribution is 7.98. The molecule has 0 spiro atoms. The Labute approximate surface area is 135 Å². The van der Waals surface area contributed by atoms with Crippen LogP contribution in [0.25, 0.3) is 0 Å². The topological polar surface area (TPSA) is 77.0 Å². The van der Waals surface area contributed by atoms with Gasteiger partial charge in [0.15, 0.2) is 11.5 Å². The second kappa shape index (κ2) is 8.14. The normalized spacial score (nSPS) is 13.2. The highest BCUT2D eigenvalue weighted by atomic mass is 32.2. The molecule has 0 aromatic heterocycles. The maximum Gasteiger partial charge on any atom is 0.255 e. The molecule has 0 aliphatic rings. The van der Waals surface area contributed by atoms with Gasteiger partial charge in [0.05, 0.1) is 32.5 Å². The first-order chi connectivity index (χ1) is 10.4. The van der Waals surface area contributed by atoms with Crippen molar-refractivity contribution < 1.29 is 24.1 Å². The van der Waals surface area contributed by atoms with Gasteiger partial charge in [0.1, 0.15) is 0 Å². The summed E-state index contributed by atoms with van der Waals surface area (Å²) >= 11 is 1.51. The number of carbonyl (C=O) groups excluding carboxylic acids is 1. The molecule has 1 atom stereocenters. The van der Waals surface area contributed by atoms with Crippen LogP contribution >= 0.6 is 11.8 Å². The van der Waals surface area contributed by atoms with E-state index in [1.807, 2.05) is 6.26 Å². The molecule has 0 saturated carbocycles. The molecule has 0 aliphatic heterocycles. The van der Waals surface area contributed by atoms with E-state index < -0.39 is 5.60 Å². The van der Waals surface area contributed by atoms with Gasteiger partial charge in [-0.15, -0.1) is 0 Å². The molecule has 1 aromatic rings. The Morgan fingerprint density at radius 3 is 2.36 bits per heavy atom. The van der Waals surface area contributed by atoms with E-state index in [4.69, 9.17) is 14.2 Å². The van der Waals surface area contributed by atoms with Crippen LogP contribution in [0.1, 0.15) is 17.3 Å². The van der Waals surface area contributed by atoms with Crippen molar-refractivity contribution in [3.8, 4) is 17.2 Å². The molecular weight excluding hydrogens is 306 g/mol. The summed E-state index contributed by atoms with van der Waals surface area (Å²) < 4.78 is 15.7. The first kappa shape index (κ1) is 18.4. The first-order valence-corrected chi connectivity index (χ1v) is 8.08. The van der Waals surface area contributed by atoms with Gasteiger partial charge in [-0.25, -0.2) is 0 Å². The van der Waals surface area contributed by atoms with Crippen LogP contribution in [-0.4, -0.2) is 56.5 Å². The van der Waals surface area contributed by atoms with Crippen LogP contribution in [0.4, 0.5) is 0 Å². The summed E-state index contributed by atoms with van der Waals surface area (Å²) in [7, 11) is 4.44. The van der Waals surface area contributed by atoms with E-state index >= 15 is 0 Å². The minimum atomic E-state index is -0.973. The molecule has 1 amide bonds. The van der Waals surface area contributed by atoms with E-state index in [-0.39, 0.29) is 12.5 Å². The van der Waals surface area contributed by atoms with Gasteiger partial charge in [-0.2, -0.15) is 11.8 Å². The maximum atomic E-state index is 12.3. The number of aliphatic hydroxyl groups is 1. The average Bonchev–Trinajstić information content (AvgIpc) is 2.50. The Kier molecular flexibility index (Phi) is 6.83. The van der Waals surface area contributed by atoms with Crippen molar-refractivity contribution in [3.05, 3.63) is 17.7 Å². The predicted molar refractivity (Wildman–Crippen MR) is 87.4 cm³/mol. The Morgan fingerprint density at radius 2 is 1.86 bits per heavy atom. The van der Waals surface area contributed by atoms with Gasteiger partial charge >= 0.3 is 0 Å². The molecule has 2 N–H and O–H groups in total. The number of hydrogen-bond acceptors (Lipinski definition) is 6. The van der Waals surface area contributed by atoms with Gasteiger partial charge in [-0.3, -0.25) is 4.79 Å². The molecule has 1 aromatic carbocycles. The fourth-order valence-electron chi connectivity index (χ4n) is 2.01. The van der Waals surface area contributed by atoms with Crippen LogP contribution in [-0.2, 0) is 0 Å². The Bertz CT molecular complexity index is 519. The number of benzene rings is 1.